The molecule has 0 saturated heterocycles. The highest BCUT2D eigenvalue weighted by Crippen LogP contribution is 2.25. The third-order valence-electron chi connectivity index (χ3n) is 3.19. The molecule has 1 aromatic heterocycles. The molecule has 0 fully saturated rings. The second kappa shape index (κ2) is 6.62. The molecule has 1 atom stereocenters. The first kappa shape index (κ1) is 13.9. The van der Waals surface area contributed by atoms with E-state index in [4.69, 9.17) is 16.3 Å². The number of alkyl halides is 1. The SMILES string of the molecule is COc1ccc2c(NCC(C)CCCl)nccc2c1. The number of hydrogen-bond donors (Lipinski definition) is 1. The van der Waals surface area contributed by atoms with Crippen LogP contribution in [-0.2, 0) is 0 Å². The van der Waals surface area contributed by atoms with Crippen molar-refractivity contribution in [3.8, 4) is 5.75 Å². The van der Waals surface area contributed by atoms with E-state index in [9.17, 15) is 0 Å². The van der Waals surface area contributed by atoms with Crippen molar-refractivity contribution in [1.29, 1.82) is 0 Å². The van der Waals surface area contributed by atoms with Crippen LogP contribution in [0.25, 0.3) is 10.8 Å². The average Bonchev–Trinajstić information content (AvgIpc) is 2.44. The number of fused-ring (bicyclic) bond motifs is 1. The normalized spacial score (nSPS) is 12.4. The van der Waals surface area contributed by atoms with Gasteiger partial charge in [-0.3, -0.25) is 0 Å². The summed E-state index contributed by atoms with van der Waals surface area (Å²) in [5.74, 6) is 3.01. The molecule has 0 radical (unpaired) electrons. The van der Waals surface area contributed by atoms with Gasteiger partial charge in [0, 0.05) is 24.0 Å². The minimum Gasteiger partial charge on any atom is -0.497 e. The molecule has 1 aromatic carbocycles. The number of anilines is 1. The number of aromatic nitrogens is 1. The summed E-state index contributed by atoms with van der Waals surface area (Å²) in [6.45, 7) is 3.06. The van der Waals surface area contributed by atoms with Crippen molar-refractivity contribution in [2.45, 2.75) is 13.3 Å². The number of ether oxygens (including phenoxy) is 1. The third kappa shape index (κ3) is 3.51. The van der Waals surface area contributed by atoms with Crippen LogP contribution < -0.4 is 10.1 Å². The molecule has 19 heavy (non-hydrogen) atoms. The third-order valence-corrected chi connectivity index (χ3v) is 3.41. The van der Waals surface area contributed by atoms with Gasteiger partial charge < -0.3 is 10.1 Å². The standard InChI is InChI=1S/C15H19ClN2O/c1-11(5-7-16)10-18-15-14-4-3-13(19-2)9-12(14)6-8-17-15/h3-4,6,8-9,11H,5,7,10H2,1-2H3,(H,17,18). The zero-order valence-electron chi connectivity index (χ0n) is 11.3. The topological polar surface area (TPSA) is 34.1 Å². The average molecular weight is 279 g/mol. The summed E-state index contributed by atoms with van der Waals surface area (Å²) in [4.78, 5) is 4.41. The summed E-state index contributed by atoms with van der Waals surface area (Å²) >= 11 is 5.75. The zero-order valence-corrected chi connectivity index (χ0v) is 12.1. The highest BCUT2D eigenvalue weighted by Gasteiger charge is 2.05. The van der Waals surface area contributed by atoms with Crippen LogP contribution in [-0.4, -0.2) is 24.5 Å². The molecule has 0 aliphatic heterocycles. The fourth-order valence-electron chi connectivity index (χ4n) is 1.98. The van der Waals surface area contributed by atoms with E-state index >= 15 is 0 Å². The molecule has 4 heteroatoms. The van der Waals surface area contributed by atoms with Crippen LogP contribution >= 0.6 is 11.6 Å². The van der Waals surface area contributed by atoms with Gasteiger partial charge in [-0.25, -0.2) is 4.98 Å². The predicted octanol–water partition coefficient (Wildman–Crippen LogP) is 3.92. The van der Waals surface area contributed by atoms with Gasteiger partial charge in [-0.1, -0.05) is 6.92 Å². The number of hydrogen-bond acceptors (Lipinski definition) is 3. The smallest absolute Gasteiger partial charge is 0.133 e. The molecule has 0 bridgehead atoms. The van der Waals surface area contributed by atoms with E-state index in [2.05, 4.69) is 17.2 Å². The number of benzene rings is 1. The second-order valence-electron chi connectivity index (χ2n) is 4.71. The van der Waals surface area contributed by atoms with Crippen LogP contribution in [0.15, 0.2) is 30.5 Å². The molecule has 2 aromatic rings. The zero-order chi connectivity index (χ0) is 13.7. The van der Waals surface area contributed by atoms with Gasteiger partial charge in [0.15, 0.2) is 0 Å². The molecule has 0 saturated carbocycles. The van der Waals surface area contributed by atoms with Crippen LogP contribution in [0.4, 0.5) is 5.82 Å². The van der Waals surface area contributed by atoms with Crippen molar-refractivity contribution >= 4 is 28.2 Å². The Hall–Kier alpha value is -1.48. The molecule has 0 spiro atoms. The van der Waals surface area contributed by atoms with Crippen molar-refractivity contribution in [2.24, 2.45) is 5.92 Å². The summed E-state index contributed by atoms with van der Waals surface area (Å²) in [7, 11) is 1.68. The van der Waals surface area contributed by atoms with E-state index in [1.165, 1.54) is 0 Å². The first-order chi connectivity index (χ1) is 9.24. The van der Waals surface area contributed by atoms with Gasteiger partial charge in [0.1, 0.15) is 11.6 Å². The van der Waals surface area contributed by atoms with Gasteiger partial charge in [-0.05, 0) is 42.0 Å². The summed E-state index contributed by atoms with van der Waals surface area (Å²) in [6, 6.07) is 8.00. The van der Waals surface area contributed by atoms with Crippen LogP contribution in [0.3, 0.4) is 0 Å². The maximum absolute atomic E-state index is 5.75. The molecule has 3 nitrogen and oxygen atoms in total. The Kier molecular flexibility index (Phi) is 4.86. The molecule has 1 N–H and O–H groups in total. The number of rotatable bonds is 6. The van der Waals surface area contributed by atoms with Crippen molar-refractivity contribution < 1.29 is 4.74 Å². The Bertz CT molecular complexity index is 545. The largest absolute Gasteiger partial charge is 0.497 e. The van der Waals surface area contributed by atoms with E-state index in [-0.39, 0.29) is 0 Å². The van der Waals surface area contributed by atoms with Crippen molar-refractivity contribution in [2.75, 3.05) is 24.9 Å². The molecule has 0 amide bonds. The van der Waals surface area contributed by atoms with Crippen LogP contribution in [0.2, 0.25) is 0 Å². The monoisotopic (exact) mass is 278 g/mol. The summed E-state index contributed by atoms with van der Waals surface area (Å²) < 4.78 is 5.24. The molecule has 102 valence electrons. The molecule has 0 aliphatic rings. The maximum Gasteiger partial charge on any atom is 0.133 e. The number of methoxy groups -OCH3 is 1. The molecule has 0 aliphatic carbocycles. The lowest BCUT2D eigenvalue weighted by Crippen LogP contribution is -2.12. The van der Waals surface area contributed by atoms with Crippen molar-refractivity contribution in [3.05, 3.63) is 30.5 Å². The Morgan fingerprint density at radius 1 is 1.37 bits per heavy atom. The molecule has 1 unspecified atom stereocenters. The Labute approximate surface area is 118 Å². The van der Waals surface area contributed by atoms with Gasteiger partial charge in [-0.2, -0.15) is 0 Å². The number of pyridine rings is 1. The van der Waals surface area contributed by atoms with E-state index in [1.807, 2.05) is 30.5 Å². The van der Waals surface area contributed by atoms with Crippen LogP contribution in [0.1, 0.15) is 13.3 Å². The summed E-state index contributed by atoms with van der Waals surface area (Å²) in [5, 5.41) is 5.64. The molecule has 2 rings (SSSR count). The molecule has 1 heterocycles. The first-order valence-corrected chi connectivity index (χ1v) is 7.00. The fourth-order valence-corrected chi connectivity index (χ4v) is 2.36. The second-order valence-corrected chi connectivity index (χ2v) is 5.09. The lowest BCUT2D eigenvalue weighted by atomic mass is 10.1. The van der Waals surface area contributed by atoms with Crippen LogP contribution in [0.5, 0.6) is 5.75 Å². The van der Waals surface area contributed by atoms with Gasteiger partial charge >= 0.3 is 0 Å². The molecular formula is C15H19ClN2O. The van der Waals surface area contributed by atoms with Gasteiger partial charge in [0.25, 0.3) is 0 Å². The summed E-state index contributed by atoms with van der Waals surface area (Å²) in [5.41, 5.74) is 0. The minimum absolute atomic E-state index is 0.535. The van der Waals surface area contributed by atoms with E-state index < -0.39 is 0 Å². The number of nitrogens with zero attached hydrogens (tertiary/aromatic N) is 1. The summed E-state index contributed by atoms with van der Waals surface area (Å²) in [6.07, 6.45) is 2.82. The van der Waals surface area contributed by atoms with E-state index in [1.54, 1.807) is 7.11 Å². The minimum atomic E-state index is 0.535. The Balaban J connectivity index is 2.19. The van der Waals surface area contributed by atoms with Gasteiger partial charge in [0.05, 0.1) is 7.11 Å². The lowest BCUT2D eigenvalue weighted by molar-refractivity contribution is 0.415. The van der Waals surface area contributed by atoms with Gasteiger partial charge in [-0.15, -0.1) is 11.6 Å². The quantitative estimate of drug-likeness (QED) is 0.813. The van der Waals surface area contributed by atoms with E-state index in [0.29, 0.717) is 11.8 Å². The van der Waals surface area contributed by atoms with Gasteiger partial charge in [0.2, 0.25) is 0 Å². The fraction of sp³-hybridized carbons (Fsp3) is 0.400. The van der Waals surface area contributed by atoms with E-state index in [0.717, 1.165) is 35.3 Å². The highest BCUT2D eigenvalue weighted by atomic mass is 35.5. The van der Waals surface area contributed by atoms with Crippen LogP contribution in [0, 0.1) is 5.92 Å². The lowest BCUT2D eigenvalue weighted by Gasteiger charge is -2.13. The van der Waals surface area contributed by atoms with Crippen molar-refractivity contribution in [1.82, 2.24) is 4.98 Å². The van der Waals surface area contributed by atoms with Crippen molar-refractivity contribution in [3.63, 3.8) is 0 Å². The first-order valence-electron chi connectivity index (χ1n) is 6.47. The molecular weight excluding hydrogens is 260 g/mol. The number of nitrogens with one attached hydrogen (secondary N) is 1. The number of halogens is 1. The Morgan fingerprint density at radius 2 is 2.21 bits per heavy atom. The maximum atomic E-state index is 5.75. The predicted molar refractivity (Wildman–Crippen MR) is 81.3 cm³/mol. The highest BCUT2D eigenvalue weighted by molar-refractivity contribution is 6.17. The Morgan fingerprint density at radius 3 is 2.95 bits per heavy atom.